The van der Waals surface area contributed by atoms with E-state index in [9.17, 15) is 4.79 Å². The van der Waals surface area contributed by atoms with Gasteiger partial charge in [-0.3, -0.25) is 4.79 Å². The minimum atomic E-state index is -0.0678. The second kappa shape index (κ2) is 4.23. The number of amides is 1. The summed E-state index contributed by atoms with van der Waals surface area (Å²) in [5.41, 5.74) is 0.576. The standard InChI is InChI=1S/C11H12BrNO2/c1-15-9-4-2-3-8(12)10(9)11(14)13-7-5-6-7/h2-4,7H,5-6H2,1H3,(H,13,14). The van der Waals surface area contributed by atoms with Crippen LogP contribution in [0.2, 0.25) is 0 Å². The first kappa shape index (κ1) is 10.5. The number of carbonyl (C=O) groups is 1. The minimum Gasteiger partial charge on any atom is -0.496 e. The lowest BCUT2D eigenvalue weighted by molar-refractivity contribution is 0.0947. The van der Waals surface area contributed by atoms with Crippen molar-refractivity contribution in [2.24, 2.45) is 0 Å². The van der Waals surface area contributed by atoms with Crippen molar-refractivity contribution >= 4 is 21.8 Å². The van der Waals surface area contributed by atoms with Gasteiger partial charge in [-0.25, -0.2) is 0 Å². The molecule has 15 heavy (non-hydrogen) atoms. The van der Waals surface area contributed by atoms with E-state index in [1.807, 2.05) is 12.1 Å². The molecule has 1 fully saturated rings. The molecule has 0 aliphatic heterocycles. The Morgan fingerprint density at radius 2 is 2.27 bits per heavy atom. The maximum Gasteiger partial charge on any atom is 0.256 e. The van der Waals surface area contributed by atoms with Crippen LogP contribution in [-0.2, 0) is 0 Å². The second-order valence-electron chi connectivity index (χ2n) is 3.56. The first-order valence-electron chi connectivity index (χ1n) is 4.85. The minimum absolute atomic E-state index is 0.0678. The molecule has 1 aliphatic carbocycles. The third-order valence-electron chi connectivity index (χ3n) is 2.33. The lowest BCUT2D eigenvalue weighted by atomic mass is 10.2. The highest BCUT2D eigenvalue weighted by atomic mass is 79.9. The zero-order chi connectivity index (χ0) is 10.8. The molecule has 1 aromatic rings. The van der Waals surface area contributed by atoms with Crippen molar-refractivity contribution in [3.63, 3.8) is 0 Å². The molecule has 1 aliphatic rings. The van der Waals surface area contributed by atoms with Gasteiger partial charge in [-0.15, -0.1) is 0 Å². The van der Waals surface area contributed by atoms with Crippen molar-refractivity contribution in [3.05, 3.63) is 28.2 Å². The van der Waals surface area contributed by atoms with Crippen molar-refractivity contribution in [2.45, 2.75) is 18.9 Å². The van der Waals surface area contributed by atoms with Crippen molar-refractivity contribution < 1.29 is 9.53 Å². The Morgan fingerprint density at radius 3 is 2.87 bits per heavy atom. The molecular formula is C11H12BrNO2. The van der Waals surface area contributed by atoms with E-state index < -0.39 is 0 Å². The van der Waals surface area contributed by atoms with Gasteiger partial charge in [0, 0.05) is 10.5 Å². The molecule has 0 unspecified atom stereocenters. The smallest absolute Gasteiger partial charge is 0.256 e. The normalized spacial score (nSPS) is 14.8. The number of carbonyl (C=O) groups excluding carboxylic acids is 1. The van der Waals surface area contributed by atoms with Gasteiger partial charge >= 0.3 is 0 Å². The van der Waals surface area contributed by atoms with Crippen molar-refractivity contribution in [1.82, 2.24) is 5.32 Å². The summed E-state index contributed by atoms with van der Waals surface area (Å²) in [6.07, 6.45) is 2.16. The summed E-state index contributed by atoms with van der Waals surface area (Å²) in [5.74, 6) is 0.532. The van der Waals surface area contributed by atoms with Crippen LogP contribution in [-0.4, -0.2) is 19.1 Å². The molecule has 1 aromatic carbocycles. The number of rotatable bonds is 3. The van der Waals surface area contributed by atoms with Crippen LogP contribution in [0.15, 0.2) is 22.7 Å². The fourth-order valence-electron chi connectivity index (χ4n) is 1.38. The average Bonchev–Trinajstić information content (AvgIpc) is 3.00. The highest BCUT2D eigenvalue weighted by Gasteiger charge is 2.26. The predicted octanol–water partition coefficient (Wildman–Crippen LogP) is 2.35. The Labute approximate surface area is 96.9 Å². The molecule has 0 bridgehead atoms. The number of benzene rings is 1. The predicted molar refractivity (Wildman–Crippen MR) is 61.2 cm³/mol. The van der Waals surface area contributed by atoms with E-state index in [4.69, 9.17) is 4.74 Å². The third kappa shape index (κ3) is 2.31. The maximum atomic E-state index is 11.9. The van der Waals surface area contributed by atoms with Crippen LogP contribution in [0.5, 0.6) is 5.75 Å². The topological polar surface area (TPSA) is 38.3 Å². The molecule has 3 nitrogen and oxygen atoms in total. The number of hydrogen-bond acceptors (Lipinski definition) is 2. The second-order valence-corrected chi connectivity index (χ2v) is 4.42. The lowest BCUT2D eigenvalue weighted by Gasteiger charge is -2.10. The highest BCUT2D eigenvalue weighted by Crippen LogP contribution is 2.28. The molecule has 0 saturated heterocycles. The van der Waals surface area contributed by atoms with E-state index >= 15 is 0 Å². The first-order chi connectivity index (χ1) is 7.22. The monoisotopic (exact) mass is 269 g/mol. The van der Waals surface area contributed by atoms with Crippen LogP contribution in [0.4, 0.5) is 0 Å². The summed E-state index contributed by atoms with van der Waals surface area (Å²) >= 11 is 3.36. The number of hydrogen-bond donors (Lipinski definition) is 1. The lowest BCUT2D eigenvalue weighted by Crippen LogP contribution is -2.26. The number of ether oxygens (including phenoxy) is 1. The molecule has 80 valence electrons. The summed E-state index contributed by atoms with van der Waals surface area (Å²) in [6.45, 7) is 0. The highest BCUT2D eigenvalue weighted by molar-refractivity contribution is 9.10. The third-order valence-corrected chi connectivity index (χ3v) is 3.00. The Balaban J connectivity index is 2.27. The molecule has 0 heterocycles. The zero-order valence-electron chi connectivity index (χ0n) is 8.42. The van der Waals surface area contributed by atoms with Crippen LogP contribution < -0.4 is 10.1 Å². The molecule has 1 amide bonds. The number of methoxy groups -OCH3 is 1. The van der Waals surface area contributed by atoms with Crippen molar-refractivity contribution in [3.8, 4) is 5.75 Å². The van der Waals surface area contributed by atoms with Gasteiger partial charge < -0.3 is 10.1 Å². The van der Waals surface area contributed by atoms with Gasteiger partial charge in [-0.1, -0.05) is 6.07 Å². The molecule has 0 radical (unpaired) electrons. The van der Waals surface area contributed by atoms with E-state index in [0.29, 0.717) is 17.4 Å². The fourth-order valence-corrected chi connectivity index (χ4v) is 1.91. The van der Waals surface area contributed by atoms with Crippen LogP contribution >= 0.6 is 15.9 Å². The first-order valence-corrected chi connectivity index (χ1v) is 5.65. The summed E-state index contributed by atoms with van der Waals surface area (Å²) in [5, 5.41) is 2.94. The summed E-state index contributed by atoms with van der Waals surface area (Å²) in [4.78, 5) is 11.9. The van der Waals surface area contributed by atoms with E-state index in [1.54, 1.807) is 13.2 Å². The summed E-state index contributed by atoms with van der Waals surface area (Å²) in [7, 11) is 1.57. The molecule has 1 N–H and O–H groups in total. The molecule has 2 rings (SSSR count). The van der Waals surface area contributed by atoms with Gasteiger partial charge in [0.2, 0.25) is 0 Å². The summed E-state index contributed by atoms with van der Waals surface area (Å²) < 4.78 is 5.92. The van der Waals surface area contributed by atoms with Gasteiger partial charge in [-0.05, 0) is 40.9 Å². The summed E-state index contributed by atoms with van der Waals surface area (Å²) in [6, 6.07) is 5.82. The Morgan fingerprint density at radius 1 is 1.53 bits per heavy atom. The van der Waals surface area contributed by atoms with Gasteiger partial charge in [0.1, 0.15) is 5.75 Å². The van der Waals surface area contributed by atoms with E-state index in [0.717, 1.165) is 17.3 Å². The zero-order valence-corrected chi connectivity index (χ0v) is 10.0. The molecule has 4 heteroatoms. The Kier molecular flexibility index (Phi) is 2.95. The average molecular weight is 270 g/mol. The van der Waals surface area contributed by atoms with Gasteiger partial charge in [-0.2, -0.15) is 0 Å². The van der Waals surface area contributed by atoms with E-state index in [2.05, 4.69) is 21.2 Å². The molecule has 0 aromatic heterocycles. The van der Waals surface area contributed by atoms with Crippen LogP contribution in [0.3, 0.4) is 0 Å². The van der Waals surface area contributed by atoms with Gasteiger partial charge in [0.25, 0.3) is 5.91 Å². The molecule has 0 spiro atoms. The molecular weight excluding hydrogens is 258 g/mol. The van der Waals surface area contributed by atoms with Crippen molar-refractivity contribution in [1.29, 1.82) is 0 Å². The number of halogens is 1. The molecule has 0 atom stereocenters. The van der Waals surface area contributed by atoms with Crippen LogP contribution in [0.1, 0.15) is 23.2 Å². The van der Waals surface area contributed by atoms with Crippen LogP contribution in [0.25, 0.3) is 0 Å². The molecule has 1 saturated carbocycles. The Hall–Kier alpha value is -1.03. The van der Waals surface area contributed by atoms with Crippen LogP contribution in [0, 0.1) is 0 Å². The largest absolute Gasteiger partial charge is 0.496 e. The number of nitrogens with one attached hydrogen (secondary N) is 1. The SMILES string of the molecule is COc1cccc(Br)c1C(=O)NC1CC1. The van der Waals surface area contributed by atoms with Gasteiger partial charge in [0.15, 0.2) is 0 Å². The van der Waals surface area contributed by atoms with E-state index in [-0.39, 0.29) is 5.91 Å². The van der Waals surface area contributed by atoms with Crippen molar-refractivity contribution in [2.75, 3.05) is 7.11 Å². The van der Waals surface area contributed by atoms with E-state index in [1.165, 1.54) is 0 Å². The Bertz CT molecular complexity index is 388. The fraction of sp³-hybridized carbons (Fsp3) is 0.364. The van der Waals surface area contributed by atoms with Gasteiger partial charge in [0.05, 0.1) is 12.7 Å². The quantitative estimate of drug-likeness (QED) is 0.915. The maximum absolute atomic E-state index is 11.9.